The molecule has 0 fully saturated rings. The molecule has 0 aliphatic heterocycles. The molecular weight excluding hydrogens is 444 g/mol. The number of amides is 2. The highest BCUT2D eigenvalue weighted by Gasteiger charge is 2.30. The summed E-state index contributed by atoms with van der Waals surface area (Å²) in [5, 5.41) is 3.66. The highest BCUT2D eigenvalue weighted by molar-refractivity contribution is 6.30. The van der Waals surface area contributed by atoms with Crippen LogP contribution in [0, 0.1) is 0 Å². The van der Waals surface area contributed by atoms with Crippen molar-refractivity contribution in [3.63, 3.8) is 0 Å². The van der Waals surface area contributed by atoms with E-state index in [1.54, 1.807) is 4.90 Å². The minimum atomic E-state index is -0.610. The van der Waals surface area contributed by atoms with E-state index in [-0.39, 0.29) is 11.8 Å². The standard InChI is InChI=1S/C29H33ClN2O2/c1-2-3-19-31-29(34)27(21-24-13-8-5-9-14-24)32(22-25-15-10-16-26(30)20-25)28(33)18-17-23-11-6-4-7-12-23/h4-16,20,27H,2-3,17-19,21-22H2,1H3,(H,31,34)/t27-/m0/s1. The minimum absolute atomic E-state index is 0.0459. The van der Waals surface area contributed by atoms with E-state index in [0.29, 0.717) is 37.4 Å². The number of unbranched alkanes of at least 4 members (excludes halogenated alkanes) is 1. The van der Waals surface area contributed by atoms with Crippen LogP contribution in [0.1, 0.15) is 42.9 Å². The van der Waals surface area contributed by atoms with Crippen molar-refractivity contribution in [2.75, 3.05) is 6.54 Å². The smallest absolute Gasteiger partial charge is 0.243 e. The highest BCUT2D eigenvalue weighted by Crippen LogP contribution is 2.19. The molecule has 0 aliphatic carbocycles. The van der Waals surface area contributed by atoms with Crippen LogP contribution in [0.25, 0.3) is 0 Å². The summed E-state index contributed by atoms with van der Waals surface area (Å²) < 4.78 is 0. The molecule has 0 saturated heterocycles. The third kappa shape index (κ3) is 8.03. The fourth-order valence-electron chi connectivity index (χ4n) is 3.93. The lowest BCUT2D eigenvalue weighted by atomic mass is 10.0. The SMILES string of the molecule is CCCCNC(=O)[C@H](Cc1ccccc1)N(Cc1cccc(Cl)c1)C(=O)CCc1ccccc1. The molecule has 178 valence electrons. The maximum Gasteiger partial charge on any atom is 0.243 e. The molecule has 2 amide bonds. The first kappa shape index (κ1) is 25.5. The number of nitrogens with zero attached hydrogens (tertiary/aromatic N) is 1. The monoisotopic (exact) mass is 476 g/mol. The molecule has 0 aromatic heterocycles. The van der Waals surface area contributed by atoms with Gasteiger partial charge in [-0.3, -0.25) is 9.59 Å². The fourth-order valence-corrected chi connectivity index (χ4v) is 4.14. The molecule has 0 unspecified atom stereocenters. The molecule has 0 heterocycles. The lowest BCUT2D eigenvalue weighted by Gasteiger charge is -2.32. The molecule has 34 heavy (non-hydrogen) atoms. The molecule has 0 saturated carbocycles. The Balaban J connectivity index is 1.87. The van der Waals surface area contributed by atoms with Crippen molar-refractivity contribution >= 4 is 23.4 Å². The Labute approximate surface area is 207 Å². The maximum atomic E-state index is 13.6. The zero-order chi connectivity index (χ0) is 24.2. The van der Waals surface area contributed by atoms with E-state index in [1.165, 1.54) is 0 Å². The lowest BCUT2D eigenvalue weighted by Crippen LogP contribution is -2.50. The Morgan fingerprint density at radius 1 is 0.882 bits per heavy atom. The van der Waals surface area contributed by atoms with E-state index in [9.17, 15) is 9.59 Å². The van der Waals surface area contributed by atoms with Crippen molar-refractivity contribution < 1.29 is 9.59 Å². The summed E-state index contributed by atoms with van der Waals surface area (Å²) >= 11 is 6.22. The second kappa shape index (κ2) is 13.6. The predicted molar refractivity (Wildman–Crippen MR) is 139 cm³/mol. The molecule has 0 bridgehead atoms. The second-order valence-electron chi connectivity index (χ2n) is 8.49. The summed E-state index contributed by atoms with van der Waals surface area (Å²) in [5.74, 6) is -0.164. The maximum absolute atomic E-state index is 13.6. The molecular formula is C29H33ClN2O2. The lowest BCUT2D eigenvalue weighted by molar-refractivity contribution is -0.141. The molecule has 0 aliphatic rings. The molecule has 1 atom stereocenters. The van der Waals surface area contributed by atoms with Crippen LogP contribution in [0.3, 0.4) is 0 Å². The summed E-state index contributed by atoms with van der Waals surface area (Å²) in [5.41, 5.74) is 3.02. The Morgan fingerprint density at radius 3 is 2.18 bits per heavy atom. The van der Waals surface area contributed by atoms with E-state index >= 15 is 0 Å². The molecule has 3 aromatic rings. The third-order valence-corrected chi connectivity index (χ3v) is 6.05. The zero-order valence-corrected chi connectivity index (χ0v) is 20.5. The van der Waals surface area contributed by atoms with Gasteiger partial charge in [0.2, 0.25) is 11.8 Å². The van der Waals surface area contributed by atoms with Crippen LogP contribution in [-0.2, 0) is 29.0 Å². The van der Waals surface area contributed by atoms with Gasteiger partial charge in [-0.2, -0.15) is 0 Å². The minimum Gasteiger partial charge on any atom is -0.354 e. The second-order valence-corrected chi connectivity index (χ2v) is 8.92. The molecule has 3 rings (SSSR count). The summed E-state index contributed by atoms with van der Waals surface area (Å²) in [6, 6.07) is 26.7. The number of rotatable bonds is 12. The normalized spacial score (nSPS) is 11.6. The van der Waals surface area contributed by atoms with E-state index in [0.717, 1.165) is 29.5 Å². The van der Waals surface area contributed by atoms with Gasteiger partial charge in [-0.15, -0.1) is 0 Å². The van der Waals surface area contributed by atoms with Crippen LogP contribution >= 0.6 is 11.6 Å². The van der Waals surface area contributed by atoms with E-state index in [2.05, 4.69) is 12.2 Å². The van der Waals surface area contributed by atoms with Crippen LogP contribution in [0.5, 0.6) is 0 Å². The summed E-state index contributed by atoms with van der Waals surface area (Å²) in [6.07, 6.45) is 3.31. The molecule has 0 radical (unpaired) electrons. The van der Waals surface area contributed by atoms with Gasteiger partial charge >= 0.3 is 0 Å². The first-order valence-electron chi connectivity index (χ1n) is 12.0. The van der Waals surface area contributed by atoms with Gasteiger partial charge < -0.3 is 10.2 Å². The molecule has 5 heteroatoms. The third-order valence-electron chi connectivity index (χ3n) is 5.81. The summed E-state index contributed by atoms with van der Waals surface area (Å²) in [4.78, 5) is 28.7. The molecule has 1 N–H and O–H groups in total. The van der Waals surface area contributed by atoms with E-state index in [1.807, 2.05) is 84.9 Å². The van der Waals surface area contributed by atoms with Gasteiger partial charge in [0.1, 0.15) is 6.04 Å². The van der Waals surface area contributed by atoms with Gasteiger partial charge in [0.25, 0.3) is 0 Å². The van der Waals surface area contributed by atoms with Crippen LogP contribution < -0.4 is 5.32 Å². The summed E-state index contributed by atoms with van der Waals surface area (Å²) in [7, 11) is 0. The zero-order valence-electron chi connectivity index (χ0n) is 19.8. The van der Waals surface area contributed by atoms with Gasteiger partial charge in [-0.1, -0.05) is 97.7 Å². The van der Waals surface area contributed by atoms with Gasteiger partial charge in [-0.05, 0) is 41.7 Å². The number of carbonyl (C=O) groups is 2. The van der Waals surface area contributed by atoms with Crippen molar-refractivity contribution in [2.45, 2.75) is 51.6 Å². The number of aryl methyl sites for hydroxylation is 1. The fraction of sp³-hybridized carbons (Fsp3) is 0.310. The Bertz CT molecular complexity index is 1040. The molecule has 0 spiro atoms. The van der Waals surface area contributed by atoms with Gasteiger partial charge in [0.05, 0.1) is 0 Å². The Kier molecular flexibility index (Phi) is 10.2. The molecule has 4 nitrogen and oxygen atoms in total. The molecule has 3 aromatic carbocycles. The Morgan fingerprint density at radius 2 is 1.53 bits per heavy atom. The number of hydrogen-bond acceptors (Lipinski definition) is 2. The van der Waals surface area contributed by atoms with Crippen molar-refractivity contribution in [3.8, 4) is 0 Å². The first-order chi connectivity index (χ1) is 16.6. The predicted octanol–water partition coefficient (Wildman–Crippen LogP) is 5.83. The van der Waals surface area contributed by atoms with Crippen LogP contribution in [-0.4, -0.2) is 29.3 Å². The Hall–Kier alpha value is -3.11. The van der Waals surface area contributed by atoms with Crippen molar-refractivity contribution in [2.24, 2.45) is 0 Å². The quantitative estimate of drug-likeness (QED) is 0.334. The van der Waals surface area contributed by atoms with Gasteiger partial charge in [0, 0.05) is 31.0 Å². The van der Waals surface area contributed by atoms with Crippen LogP contribution in [0.4, 0.5) is 0 Å². The van der Waals surface area contributed by atoms with E-state index < -0.39 is 6.04 Å². The summed E-state index contributed by atoms with van der Waals surface area (Å²) in [6.45, 7) is 3.02. The van der Waals surface area contributed by atoms with Gasteiger partial charge in [0.15, 0.2) is 0 Å². The first-order valence-corrected chi connectivity index (χ1v) is 12.3. The van der Waals surface area contributed by atoms with Crippen molar-refractivity contribution in [1.82, 2.24) is 10.2 Å². The number of benzene rings is 3. The largest absolute Gasteiger partial charge is 0.354 e. The highest BCUT2D eigenvalue weighted by atomic mass is 35.5. The van der Waals surface area contributed by atoms with E-state index in [4.69, 9.17) is 11.6 Å². The average molecular weight is 477 g/mol. The number of halogens is 1. The number of carbonyl (C=O) groups excluding carboxylic acids is 2. The van der Waals surface area contributed by atoms with Crippen molar-refractivity contribution in [1.29, 1.82) is 0 Å². The van der Waals surface area contributed by atoms with Crippen LogP contribution in [0.15, 0.2) is 84.9 Å². The number of nitrogens with one attached hydrogen (secondary N) is 1. The van der Waals surface area contributed by atoms with Crippen LogP contribution in [0.2, 0.25) is 5.02 Å². The van der Waals surface area contributed by atoms with Crippen molar-refractivity contribution in [3.05, 3.63) is 107 Å². The average Bonchev–Trinajstić information content (AvgIpc) is 2.86. The van der Waals surface area contributed by atoms with Gasteiger partial charge in [-0.25, -0.2) is 0 Å². The topological polar surface area (TPSA) is 49.4 Å². The number of hydrogen-bond donors (Lipinski definition) is 1.